The van der Waals surface area contributed by atoms with Crippen molar-refractivity contribution in [3.05, 3.63) is 158 Å². The third-order valence-electron chi connectivity index (χ3n) is 9.13. The second kappa shape index (κ2) is 11.8. The molecule has 234 valence electrons. The van der Waals surface area contributed by atoms with Crippen molar-refractivity contribution in [3.8, 4) is 56.5 Å². The molecule has 0 saturated carbocycles. The summed E-state index contributed by atoms with van der Waals surface area (Å²) >= 11 is 3.54. The van der Waals surface area contributed by atoms with Gasteiger partial charge in [-0.15, -0.1) is 22.7 Å². The minimum atomic E-state index is 0.703. The molecule has 6 heteroatoms. The van der Waals surface area contributed by atoms with Gasteiger partial charge in [-0.3, -0.25) is 0 Å². The zero-order valence-electron chi connectivity index (χ0n) is 26.6. The Morgan fingerprint density at radius 1 is 0.380 bits per heavy atom. The van der Waals surface area contributed by atoms with E-state index in [4.69, 9.17) is 19.9 Å². The Morgan fingerprint density at radius 2 is 1.00 bits per heavy atom. The van der Waals surface area contributed by atoms with Crippen molar-refractivity contribution in [1.29, 1.82) is 0 Å². The maximum atomic E-state index is 5.26. The van der Waals surface area contributed by atoms with E-state index in [2.05, 4.69) is 140 Å². The molecular weight excluding hydrogens is 649 g/mol. The number of hydrogen-bond donors (Lipinski definition) is 0. The number of nitrogens with zero attached hydrogens (tertiary/aromatic N) is 4. The van der Waals surface area contributed by atoms with Gasteiger partial charge < -0.3 is 0 Å². The molecule has 0 amide bonds. The first-order valence-corrected chi connectivity index (χ1v) is 18.1. The van der Waals surface area contributed by atoms with E-state index >= 15 is 0 Å². The number of benzene rings is 6. The van der Waals surface area contributed by atoms with Crippen LogP contribution in [0.25, 0.3) is 97.0 Å². The molecular formula is C44H26N4S2. The highest BCUT2D eigenvalue weighted by molar-refractivity contribution is 7.26. The second-order valence-corrected chi connectivity index (χ2v) is 14.4. The highest BCUT2D eigenvalue weighted by atomic mass is 32.1. The molecule has 0 saturated heterocycles. The Balaban J connectivity index is 1.20. The van der Waals surface area contributed by atoms with E-state index in [-0.39, 0.29) is 0 Å². The molecule has 50 heavy (non-hydrogen) atoms. The van der Waals surface area contributed by atoms with E-state index in [0.29, 0.717) is 11.6 Å². The average molecular weight is 675 g/mol. The standard InChI is InChI=1S/C44H26N4S2/c1-4-13-27(14-5-1)34-26-35(28-15-6-2-7-16-28)46-44(45-34)32-20-12-22-38-39(32)33-25-30(23-24-37(33)49-38)43-47-40(29-17-8-3-9-18-29)42-41(48-43)31-19-10-11-21-36(31)50-42/h1-26H. The Labute approximate surface area is 296 Å². The lowest BCUT2D eigenvalue weighted by molar-refractivity contribution is 1.19. The zero-order valence-corrected chi connectivity index (χ0v) is 28.2. The van der Waals surface area contributed by atoms with Crippen LogP contribution < -0.4 is 0 Å². The fourth-order valence-electron chi connectivity index (χ4n) is 6.75. The van der Waals surface area contributed by atoms with Crippen LogP contribution in [0.15, 0.2) is 158 Å². The van der Waals surface area contributed by atoms with E-state index in [0.717, 1.165) is 71.3 Å². The second-order valence-electron chi connectivity index (χ2n) is 12.2. The number of hydrogen-bond acceptors (Lipinski definition) is 6. The first kappa shape index (κ1) is 28.9. The van der Waals surface area contributed by atoms with E-state index in [1.54, 1.807) is 22.7 Å². The van der Waals surface area contributed by atoms with E-state index in [1.165, 1.54) is 14.1 Å². The fourth-order valence-corrected chi connectivity index (χ4v) is 9.01. The Morgan fingerprint density at radius 3 is 1.72 bits per heavy atom. The number of fused-ring (bicyclic) bond motifs is 6. The summed E-state index contributed by atoms with van der Waals surface area (Å²) in [5.74, 6) is 1.42. The summed E-state index contributed by atoms with van der Waals surface area (Å²) in [6.45, 7) is 0. The van der Waals surface area contributed by atoms with Gasteiger partial charge >= 0.3 is 0 Å². The molecule has 0 aliphatic rings. The van der Waals surface area contributed by atoms with Gasteiger partial charge in [0.05, 0.1) is 27.3 Å². The van der Waals surface area contributed by atoms with Gasteiger partial charge in [0.25, 0.3) is 0 Å². The molecule has 0 bridgehead atoms. The molecule has 4 aromatic heterocycles. The number of rotatable bonds is 5. The molecule has 10 aromatic rings. The zero-order chi connectivity index (χ0) is 33.0. The van der Waals surface area contributed by atoms with Gasteiger partial charge in [0.2, 0.25) is 0 Å². The van der Waals surface area contributed by atoms with Crippen LogP contribution in [0.5, 0.6) is 0 Å². The molecule has 0 atom stereocenters. The molecule has 0 aliphatic heterocycles. The molecule has 0 unspecified atom stereocenters. The summed E-state index contributed by atoms with van der Waals surface area (Å²) in [5.41, 5.74) is 8.92. The average Bonchev–Trinajstić information content (AvgIpc) is 3.76. The molecule has 0 spiro atoms. The summed E-state index contributed by atoms with van der Waals surface area (Å²) in [4.78, 5) is 20.9. The Bertz CT molecular complexity index is 2800. The van der Waals surface area contributed by atoms with Crippen LogP contribution in [0.4, 0.5) is 0 Å². The minimum absolute atomic E-state index is 0.703. The monoisotopic (exact) mass is 674 g/mol. The fraction of sp³-hybridized carbons (Fsp3) is 0. The topological polar surface area (TPSA) is 51.6 Å². The molecule has 0 aliphatic carbocycles. The van der Waals surface area contributed by atoms with E-state index < -0.39 is 0 Å². The van der Waals surface area contributed by atoms with Gasteiger partial charge in [-0.25, -0.2) is 19.9 Å². The Hall–Kier alpha value is -6.08. The quantitative estimate of drug-likeness (QED) is 0.182. The summed E-state index contributed by atoms with van der Waals surface area (Å²) in [7, 11) is 0. The van der Waals surface area contributed by atoms with Gasteiger partial charge in [0.15, 0.2) is 11.6 Å². The maximum Gasteiger partial charge on any atom is 0.161 e. The van der Waals surface area contributed by atoms with E-state index in [1.807, 2.05) is 18.2 Å². The molecule has 0 fully saturated rings. The van der Waals surface area contributed by atoms with Crippen LogP contribution in [-0.2, 0) is 0 Å². The van der Waals surface area contributed by atoms with Crippen molar-refractivity contribution in [2.75, 3.05) is 0 Å². The third kappa shape index (κ3) is 4.88. The first-order chi connectivity index (χ1) is 24.8. The Kier molecular flexibility index (Phi) is 6.82. The number of thiophene rings is 2. The summed E-state index contributed by atoms with van der Waals surface area (Å²) in [6.07, 6.45) is 0. The molecule has 10 rings (SSSR count). The largest absolute Gasteiger partial charge is 0.228 e. The number of aromatic nitrogens is 4. The molecule has 4 heterocycles. The van der Waals surface area contributed by atoms with Crippen molar-refractivity contribution < 1.29 is 0 Å². The van der Waals surface area contributed by atoms with E-state index in [9.17, 15) is 0 Å². The van der Waals surface area contributed by atoms with Gasteiger partial charge in [0.1, 0.15) is 0 Å². The summed E-state index contributed by atoms with van der Waals surface area (Å²) in [6, 6.07) is 54.8. The van der Waals surface area contributed by atoms with Gasteiger partial charge in [0, 0.05) is 58.1 Å². The molecule has 6 aromatic carbocycles. The lowest BCUT2D eigenvalue weighted by Gasteiger charge is -2.11. The SMILES string of the molecule is c1ccc(-c2cc(-c3ccccc3)nc(-c3cccc4sc5ccc(-c6nc(-c7ccccc7)c7sc8ccccc8c7n6)cc5c34)n2)cc1. The van der Waals surface area contributed by atoms with Crippen molar-refractivity contribution in [2.24, 2.45) is 0 Å². The van der Waals surface area contributed by atoms with Gasteiger partial charge in [-0.1, -0.05) is 121 Å². The maximum absolute atomic E-state index is 5.26. The molecule has 0 radical (unpaired) electrons. The van der Waals surface area contributed by atoms with Gasteiger partial charge in [-0.05, 0) is 36.4 Å². The van der Waals surface area contributed by atoms with Crippen LogP contribution in [0.3, 0.4) is 0 Å². The highest BCUT2D eigenvalue weighted by Gasteiger charge is 2.19. The molecule has 4 nitrogen and oxygen atoms in total. The smallest absolute Gasteiger partial charge is 0.161 e. The van der Waals surface area contributed by atoms with Crippen molar-refractivity contribution in [2.45, 2.75) is 0 Å². The van der Waals surface area contributed by atoms with Crippen LogP contribution in [0.2, 0.25) is 0 Å². The normalized spacial score (nSPS) is 11.6. The van der Waals surface area contributed by atoms with Crippen molar-refractivity contribution in [1.82, 2.24) is 19.9 Å². The first-order valence-electron chi connectivity index (χ1n) is 16.5. The van der Waals surface area contributed by atoms with Gasteiger partial charge in [-0.2, -0.15) is 0 Å². The summed E-state index contributed by atoms with van der Waals surface area (Å²) < 4.78 is 4.71. The molecule has 0 N–H and O–H groups in total. The van der Waals surface area contributed by atoms with Crippen LogP contribution in [0.1, 0.15) is 0 Å². The lowest BCUT2D eigenvalue weighted by Crippen LogP contribution is -1.96. The predicted octanol–water partition coefficient (Wildman–Crippen LogP) is 12.3. The highest BCUT2D eigenvalue weighted by Crippen LogP contribution is 2.43. The lowest BCUT2D eigenvalue weighted by atomic mass is 10.0. The van der Waals surface area contributed by atoms with Crippen molar-refractivity contribution >= 4 is 63.1 Å². The predicted molar refractivity (Wildman–Crippen MR) is 211 cm³/mol. The van der Waals surface area contributed by atoms with Crippen LogP contribution >= 0.6 is 22.7 Å². The van der Waals surface area contributed by atoms with Crippen molar-refractivity contribution in [3.63, 3.8) is 0 Å². The third-order valence-corrected chi connectivity index (χ3v) is 11.4. The summed E-state index contributed by atoms with van der Waals surface area (Å²) in [5, 5.41) is 3.44. The minimum Gasteiger partial charge on any atom is -0.228 e. The van der Waals surface area contributed by atoms with Crippen LogP contribution in [-0.4, -0.2) is 19.9 Å². The van der Waals surface area contributed by atoms with Crippen LogP contribution in [0, 0.1) is 0 Å².